The highest BCUT2D eigenvalue weighted by molar-refractivity contribution is 14.0. The molecule has 0 unspecified atom stereocenters. The number of nitrogens with one attached hydrogen (secondary N) is 2. The SMILES string of the molecule is CN=C(NCc1ccc(OCC(F)(F)F)cc1)NCc1ccc(-n2ccnc2C)c(F)c1.I. The van der Waals surface area contributed by atoms with Gasteiger partial charge >= 0.3 is 6.18 Å². The maximum Gasteiger partial charge on any atom is 0.422 e. The molecule has 1 heterocycles. The van der Waals surface area contributed by atoms with Crippen molar-refractivity contribution < 1.29 is 22.3 Å². The lowest BCUT2D eigenvalue weighted by Gasteiger charge is -2.14. The highest BCUT2D eigenvalue weighted by atomic mass is 127. The van der Waals surface area contributed by atoms with E-state index >= 15 is 0 Å². The smallest absolute Gasteiger partial charge is 0.422 e. The molecule has 0 aliphatic carbocycles. The first kappa shape index (κ1) is 26.4. The third-order valence-electron chi connectivity index (χ3n) is 4.57. The molecule has 0 aliphatic rings. The number of imidazole rings is 1. The van der Waals surface area contributed by atoms with E-state index in [1.165, 1.54) is 18.2 Å². The van der Waals surface area contributed by atoms with E-state index in [2.05, 4.69) is 20.6 Å². The van der Waals surface area contributed by atoms with Gasteiger partial charge in [-0.05, 0) is 42.3 Å². The minimum Gasteiger partial charge on any atom is -0.484 e. The summed E-state index contributed by atoms with van der Waals surface area (Å²) in [4.78, 5) is 8.23. The Hall–Kier alpha value is -2.83. The average Bonchev–Trinajstić information content (AvgIpc) is 3.18. The zero-order chi connectivity index (χ0) is 23.1. The van der Waals surface area contributed by atoms with Crippen molar-refractivity contribution in [1.29, 1.82) is 0 Å². The quantitative estimate of drug-likeness (QED) is 0.184. The summed E-state index contributed by atoms with van der Waals surface area (Å²) in [5, 5.41) is 6.20. The largest absolute Gasteiger partial charge is 0.484 e. The van der Waals surface area contributed by atoms with Gasteiger partial charge in [0.05, 0.1) is 5.69 Å². The molecular weight excluding hydrogens is 553 g/mol. The summed E-state index contributed by atoms with van der Waals surface area (Å²) in [5.74, 6) is 0.975. The maximum absolute atomic E-state index is 14.5. The molecule has 0 bridgehead atoms. The maximum atomic E-state index is 14.5. The number of ether oxygens (including phenoxy) is 1. The molecule has 0 saturated carbocycles. The van der Waals surface area contributed by atoms with Crippen molar-refractivity contribution in [3.05, 3.63) is 77.6 Å². The number of rotatable bonds is 7. The number of alkyl halides is 3. The van der Waals surface area contributed by atoms with Crippen molar-refractivity contribution in [2.45, 2.75) is 26.2 Å². The summed E-state index contributed by atoms with van der Waals surface area (Å²) in [5.41, 5.74) is 1.99. The average molecular weight is 577 g/mol. The highest BCUT2D eigenvalue weighted by Crippen LogP contribution is 2.19. The van der Waals surface area contributed by atoms with Crippen LogP contribution in [-0.4, -0.2) is 35.3 Å². The van der Waals surface area contributed by atoms with Crippen molar-refractivity contribution in [2.24, 2.45) is 4.99 Å². The van der Waals surface area contributed by atoms with Crippen LogP contribution in [0.1, 0.15) is 17.0 Å². The lowest BCUT2D eigenvalue weighted by atomic mass is 10.2. The third kappa shape index (κ3) is 7.91. The van der Waals surface area contributed by atoms with Crippen molar-refractivity contribution in [1.82, 2.24) is 20.2 Å². The summed E-state index contributed by atoms with van der Waals surface area (Å²) in [6.07, 6.45) is -1.06. The van der Waals surface area contributed by atoms with E-state index in [0.717, 1.165) is 11.1 Å². The molecule has 0 spiro atoms. The van der Waals surface area contributed by atoms with Gasteiger partial charge in [-0.3, -0.25) is 4.99 Å². The third-order valence-corrected chi connectivity index (χ3v) is 4.57. The van der Waals surface area contributed by atoms with E-state index in [0.29, 0.717) is 30.6 Å². The molecule has 1 aromatic heterocycles. The second kappa shape index (κ2) is 11.9. The van der Waals surface area contributed by atoms with Gasteiger partial charge in [-0.2, -0.15) is 13.2 Å². The fourth-order valence-electron chi connectivity index (χ4n) is 2.95. The van der Waals surface area contributed by atoms with E-state index in [-0.39, 0.29) is 35.5 Å². The van der Waals surface area contributed by atoms with Crippen LogP contribution in [0.25, 0.3) is 5.69 Å². The number of halogens is 5. The Morgan fingerprint density at radius 1 is 1.06 bits per heavy atom. The van der Waals surface area contributed by atoms with Crippen LogP contribution in [0.3, 0.4) is 0 Å². The van der Waals surface area contributed by atoms with Gasteiger partial charge in [0, 0.05) is 32.5 Å². The molecule has 3 rings (SSSR count). The van der Waals surface area contributed by atoms with E-state index < -0.39 is 12.8 Å². The molecule has 0 atom stereocenters. The van der Waals surface area contributed by atoms with Gasteiger partial charge in [-0.1, -0.05) is 18.2 Å². The normalized spacial score (nSPS) is 11.6. The molecule has 33 heavy (non-hydrogen) atoms. The summed E-state index contributed by atoms with van der Waals surface area (Å²) in [6, 6.07) is 11.2. The van der Waals surface area contributed by atoms with Gasteiger partial charge < -0.3 is 19.9 Å². The Labute approximate surface area is 206 Å². The Morgan fingerprint density at radius 3 is 2.24 bits per heavy atom. The van der Waals surface area contributed by atoms with E-state index in [4.69, 9.17) is 4.74 Å². The number of benzene rings is 2. The van der Waals surface area contributed by atoms with Crippen LogP contribution < -0.4 is 15.4 Å². The first-order valence-corrected chi connectivity index (χ1v) is 9.77. The van der Waals surface area contributed by atoms with Crippen LogP contribution in [-0.2, 0) is 13.1 Å². The van der Waals surface area contributed by atoms with E-state index in [9.17, 15) is 17.6 Å². The number of hydrogen-bond acceptors (Lipinski definition) is 3. The van der Waals surface area contributed by atoms with Gasteiger partial charge in [0.2, 0.25) is 0 Å². The van der Waals surface area contributed by atoms with Crippen molar-refractivity contribution in [3.8, 4) is 11.4 Å². The van der Waals surface area contributed by atoms with Crippen LogP contribution in [0.5, 0.6) is 5.75 Å². The van der Waals surface area contributed by atoms with Gasteiger partial charge in [0.25, 0.3) is 0 Å². The van der Waals surface area contributed by atoms with Crippen LogP contribution in [0.4, 0.5) is 17.6 Å². The summed E-state index contributed by atoms with van der Waals surface area (Å²) in [6.45, 7) is 1.22. The lowest BCUT2D eigenvalue weighted by molar-refractivity contribution is -0.153. The van der Waals surface area contributed by atoms with Gasteiger partial charge in [-0.25, -0.2) is 9.37 Å². The summed E-state index contributed by atoms with van der Waals surface area (Å²) < 4.78 is 57.5. The molecule has 11 heteroatoms. The van der Waals surface area contributed by atoms with Crippen LogP contribution in [0.2, 0.25) is 0 Å². The fourth-order valence-corrected chi connectivity index (χ4v) is 2.95. The Balaban J connectivity index is 0.00000385. The second-order valence-corrected chi connectivity index (χ2v) is 6.96. The highest BCUT2D eigenvalue weighted by Gasteiger charge is 2.28. The van der Waals surface area contributed by atoms with Gasteiger partial charge in [-0.15, -0.1) is 24.0 Å². The van der Waals surface area contributed by atoms with Crippen molar-refractivity contribution in [3.63, 3.8) is 0 Å². The standard InChI is InChI=1S/C22H23F4N5O.HI/c1-15-28-9-10-31(15)20-8-5-17(11-19(20)23)13-30-21(27-2)29-12-16-3-6-18(7-4-16)32-14-22(24,25)26;/h3-11H,12-14H2,1-2H3,(H2,27,29,30);1H. The predicted octanol–water partition coefficient (Wildman–Crippen LogP) is 4.74. The molecule has 6 nitrogen and oxygen atoms in total. The molecule has 2 N–H and O–H groups in total. The number of guanidine groups is 1. The zero-order valence-corrected chi connectivity index (χ0v) is 20.3. The fraction of sp³-hybridized carbons (Fsp3) is 0.273. The minimum absolute atomic E-state index is 0. The number of hydrogen-bond donors (Lipinski definition) is 2. The Kier molecular flexibility index (Phi) is 9.50. The molecule has 0 radical (unpaired) electrons. The van der Waals surface area contributed by atoms with E-state index in [1.54, 1.807) is 49.1 Å². The first-order valence-electron chi connectivity index (χ1n) is 9.77. The molecule has 0 fully saturated rings. The zero-order valence-electron chi connectivity index (χ0n) is 18.0. The number of aliphatic imine (C=N–C) groups is 1. The minimum atomic E-state index is -4.37. The van der Waals surface area contributed by atoms with E-state index in [1.807, 2.05) is 6.07 Å². The number of aryl methyl sites for hydroxylation is 1. The predicted molar refractivity (Wildman–Crippen MR) is 129 cm³/mol. The van der Waals surface area contributed by atoms with Crippen LogP contribution in [0.15, 0.2) is 59.9 Å². The Bertz CT molecular complexity index is 1070. The summed E-state index contributed by atoms with van der Waals surface area (Å²) >= 11 is 0. The monoisotopic (exact) mass is 577 g/mol. The van der Waals surface area contributed by atoms with Gasteiger partial charge in [0.1, 0.15) is 17.4 Å². The van der Waals surface area contributed by atoms with Gasteiger partial charge in [0.15, 0.2) is 12.6 Å². The molecule has 0 aliphatic heterocycles. The van der Waals surface area contributed by atoms with Crippen LogP contribution >= 0.6 is 24.0 Å². The lowest BCUT2D eigenvalue weighted by Crippen LogP contribution is -2.36. The number of nitrogens with zero attached hydrogens (tertiary/aromatic N) is 3. The van der Waals surface area contributed by atoms with Crippen molar-refractivity contribution >= 4 is 29.9 Å². The molecule has 3 aromatic rings. The Morgan fingerprint density at radius 2 is 1.70 bits per heavy atom. The first-order chi connectivity index (χ1) is 15.2. The molecule has 2 aromatic carbocycles. The molecular formula is C22H24F4IN5O. The summed E-state index contributed by atoms with van der Waals surface area (Å²) in [7, 11) is 1.61. The molecule has 0 saturated heterocycles. The topological polar surface area (TPSA) is 63.5 Å². The second-order valence-electron chi connectivity index (χ2n) is 6.96. The number of aromatic nitrogens is 2. The van der Waals surface area contributed by atoms with Crippen molar-refractivity contribution in [2.75, 3.05) is 13.7 Å². The molecule has 0 amide bonds. The van der Waals surface area contributed by atoms with Crippen LogP contribution in [0, 0.1) is 12.7 Å². The molecule has 178 valence electrons.